The number of benzene rings is 1. The van der Waals surface area contributed by atoms with Gasteiger partial charge in [0, 0.05) is 16.8 Å². The van der Waals surface area contributed by atoms with Crippen molar-refractivity contribution < 1.29 is 4.79 Å². The fraction of sp³-hybridized carbons (Fsp3) is 0.300. The van der Waals surface area contributed by atoms with Gasteiger partial charge in [0.05, 0.1) is 6.04 Å². The average Bonchev–Trinajstić information content (AvgIpc) is 2.17. The van der Waals surface area contributed by atoms with Gasteiger partial charge in [0.25, 0.3) is 0 Å². The first kappa shape index (κ1) is 9.49. The van der Waals surface area contributed by atoms with Crippen LogP contribution in [0.2, 0.25) is 5.02 Å². The maximum absolute atomic E-state index is 10.7. The van der Waals surface area contributed by atoms with Crippen molar-refractivity contribution in [2.24, 2.45) is 5.73 Å². The van der Waals surface area contributed by atoms with Crippen LogP contribution < -0.4 is 11.1 Å². The van der Waals surface area contributed by atoms with Crippen molar-refractivity contribution in [3.8, 4) is 0 Å². The third-order valence-electron chi connectivity index (χ3n) is 2.46. The Morgan fingerprint density at radius 2 is 2.36 bits per heavy atom. The molecule has 0 aromatic heterocycles. The fourth-order valence-electron chi connectivity index (χ4n) is 1.66. The predicted octanol–water partition coefficient (Wildman–Crippen LogP) is 1.20. The number of nitrogens with one attached hydrogen (secondary N) is 1. The molecule has 3 N–H and O–H groups in total. The van der Waals surface area contributed by atoms with Gasteiger partial charge in [-0.2, -0.15) is 0 Å². The van der Waals surface area contributed by atoms with Crippen LogP contribution in [0.5, 0.6) is 0 Å². The number of aldehydes is 1. The van der Waals surface area contributed by atoms with Gasteiger partial charge in [0.15, 0.2) is 0 Å². The largest absolute Gasteiger partial charge is 0.374 e. The first-order chi connectivity index (χ1) is 6.70. The molecule has 2 unspecified atom stereocenters. The molecule has 2 rings (SSSR count). The molecule has 4 heteroatoms. The molecule has 0 bridgehead atoms. The van der Waals surface area contributed by atoms with Gasteiger partial charge in [-0.25, -0.2) is 0 Å². The van der Waals surface area contributed by atoms with E-state index in [2.05, 4.69) is 5.32 Å². The summed E-state index contributed by atoms with van der Waals surface area (Å²) >= 11 is 5.84. The summed E-state index contributed by atoms with van der Waals surface area (Å²) in [6.07, 6.45) is 1.55. The Kier molecular flexibility index (Phi) is 2.44. The molecular formula is C10H11ClN2O. The molecule has 3 nitrogen and oxygen atoms in total. The number of halogens is 1. The zero-order valence-electron chi connectivity index (χ0n) is 7.53. The van der Waals surface area contributed by atoms with E-state index < -0.39 is 0 Å². The van der Waals surface area contributed by atoms with Gasteiger partial charge in [-0.3, -0.25) is 0 Å². The first-order valence-corrected chi connectivity index (χ1v) is 4.84. The zero-order valence-corrected chi connectivity index (χ0v) is 8.29. The maximum Gasteiger partial charge on any atom is 0.143 e. The Labute approximate surface area is 87.2 Å². The molecule has 0 radical (unpaired) electrons. The van der Waals surface area contributed by atoms with Gasteiger partial charge in [-0.05, 0) is 24.1 Å². The summed E-state index contributed by atoms with van der Waals surface area (Å²) in [5, 5.41) is 3.72. The van der Waals surface area contributed by atoms with Crippen LogP contribution in [0.15, 0.2) is 18.2 Å². The van der Waals surface area contributed by atoms with Gasteiger partial charge >= 0.3 is 0 Å². The highest BCUT2D eigenvalue weighted by Gasteiger charge is 2.24. The highest BCUT2D eigenvalue weighted by molar-refractivity contribution is 6.30. The van der Waals surface area contributed by atoms with Crippen LogP contribution in [0.4, 0.5) is 5.69 Å². The van der Waals surface area contributed by atoms with Crippen molar-refractivity contribution in [1.82, 2.24) is 0 Å². The van der Waals surface area contributed by atoms with E-state index in [0.717, 1.165) is 17.5 Å². The van der Waals surface area contributed by atoms with Gasteiger partial charge in [0.2, 0.25) is 0 Å². The van der Waals surface area contributed by atoms with Crippen LogP contribution in [-0.2, 0) is 11.2 Å². The van der Waals surface area contributed by atoms with Gasteiger partial charge in [-0.1, -0.05) is 17.7 Å². The molecule has 1 aliphatic heterocycles. The van der Waals surface area contributed by atoms with E-state index in [9.17, 15) is 4.79 Å². The third-order valence-corrected chi connectivity index (χ3v) is 2.69. The Morgan fingerprint density at radius 3 is 3.07 bits per heavy atom. The molecular weight excluding hydrogens is 200 g/mol. The van der Waals surface area contributed by atoms with E-state index in [-0.39, 0.29) is 12.1 Å². The van der Waals surface area contributed by atoms with Crippen molar-refractivity contribution in [3.63, 3.8) is 0 Å². The van der Waals surface area contributed by atoms with E-state index in [0.29, 0.717) is 11.4 Å². The second-order valence-corrected chi connectivity index (χ2v) is 3.91. The van der Waals surface area contributed by atoms with Gasteiger partial charge in [0.1, 0.15) is 6.29 Å². The Bertz CT molecular complexity index is 367. The minimum atomic E-state index is -0.305. The first-order valence-electron chi connectivity index (χ1n) is 4.46. The Balaban J connectivity index is 2.35. The van der Waals surface area contributed by atoms with Crippen molar-refractivity contribution in [2.75, 3.05) is 5.32 Å². The lowest BCUT2D eigenvalue weighted by molar-refractivity contribution is -0.108. The molecule has 14 heavy (non-hydrogen) atoms. The lowest BCUT2D eigenvalue weighted by Crippen LogP contribution is -2.46. The molecule has 0 spiro atoms. The van der Waals surface area contributed by atoms with Crippen LogP contribution in [0.1, 0.15) is 5.56 Å². The Morgan fingerprint density at radius 1 is 1.57 bits per heavy atom. The zero-order chi connectivity index (χ0) is 10.1. The number of fused-ring (bicyclic) bond motifs is 1. The molecule has 2 atom stereocenters. The number of hydrogen-bond acceptors (Lipinski definition) is 3. The monoisotopic (exact) mass is 210 g/mol. The van der Waals surface area contributed by atoms with E-state index in [1.54, 1.807) is 0 Å². The molecule has 0 aliphatic carbocycles. The van der Waals surface area contributed by atoms with E-state index in [4.69, 9.17) is 17.3 Å². The maximum atomic E-state index is 10.7. The van der Waals surface area contributed by atoms with Gasteiger partial charge in [-0.15, -0.1) is 0 Å². The minimum Gasteiger partial charge on any atom is -0.374 e. The number of hydrogen-bond donors (Lipinski definition) is 2. The molecule has 0 amide bonds. The topological polar surface area (TPSA) is 55.1 Å². The lowest BCUT2D eigenvalue weighted by atomic mass is 9.95. The second kappa shape index (κ2) is 3.59. The number of carbonyl (C=O) groups is 1. The minimum absolute atomic E-state index is 0.152. The Hall–Kier alpha value is -1.06. The summed E-state index contributed by atoms with van der Waals surface area (Å²) in [4.78, 5) is 10.7. The van der Waals surface area contributed by atoms with Crippen LogP contribution in [0.3, 0.4) is 0 Å². The fourth-order valence-corrected chi connectivity index (χ4v) is 1.84. The lowest BCUT2D eigenvalue weighted by Gasteiger charge is -2.28. The van der Waals surface area contributed by atoms with Crippen LogP contribution >= 0.6 is 11.6 Å². The quantitative estimate of drug-likeness (QED) is 0.685. The second-order valence-electron chi connectivity index (χ2n) is 3.48. The third kappa shape index (κ3) is 1.61. The highest BCUT2D eigenvalue weighted by atomic mass is 35.5. The normalized spacial score (nSPS) is 25.0. The molecule has 0 saturated carbocycles. The van der Waals surface area contributed by atoms with Crippen molar-refractivity contribution >= 4 is 23.6 Å². The van der Waals surface area contributed by atoms with E-state index >= 15 is 0 Å². The molecule has 1 aromatic carbocycles. The summed E-state index contributed by atoms with van der Waals surface area (Å²) in [7, 11) is 0. The molecule has 74 valence electrons. The summed E-state index contributed by atoms with van der Waals surface area (Å²) in [5.74, 6) is 0. The SMILES string of the molecule is NC1Cc2ccc(Cl)cc2NC1C=O. The summed E-state index contributed by atoms with van der Waals surface area (Å²) in [6.45, 7) is 0. The summed E-state index contributed by atoms with van der Waals surface area (Å²) in [6, 6.07) is 5.13. The standard InChI is InChI=1S/C10H11ClN2O/c11-7-2-1-6-3-8(12)10(5-14)13-9(6)4-7/h1-2,4-5,8,10,13H,3,12H2. The molecule has 1 aliphatic rings. The number of carbonyl (C=O) groups excluding carboxylic acids is 1. The molecule has 0 saturated heterocycles. The van der Waals surface area contributed by atoms with Gasteiger partial charge < -0.3 is 15.8 Å². The summed E-state index contributed by atoms with van der Waals surface area (Å²) in [5.41, 5.74) is 7.84. The highest BCUT2D eigenvalue weighted by Crippen LogP contribution is 2.26. The van der Waals surface area contributed by atoms with Crippen LogP contribution in [0.25, 0.3) is 0 Å². The van der Waals surface area contributed by atoms with Crippen molar-refractivity contribution in [3.05, 3.63) is 28.8 Å². The number of rotatable bonds is 1. The smallest absolute Gasteiger partial charge is 0.143 e. The van der Waals surface area contributed by atoms with Crippen molar-refractivity contribution in [2.45, 2.75) is 18.5 Å². The van der Waals surface area contributed by atoms with Crippen LogP contribution in [0, 0.1) is 0 Å². The van der Waals surface area contributed by atoms with Crippen LogP contribution in [-0.4, -0.2) is 18.4 Å². The molecule has 1 aromatic rings. The summed E-state index contributed by atoms with van der Waals surface area (Å²) < 4.78 is 0. The molecule has 0 fully saturated rings. The molecule has 1 heterocycles. The predicted molar refractivity (Wildman–Crippen MR) is 56.6 cm³/mol. The number of nitrogens with two attached hydrogens (primary N) is 1. The average molecular weight is 211 g/mol. The van der Waals surface area contributed by atoms with E-state index in [1.807, 2.05) is 18.2 Å². The van der Waals surface area contributed by atoms with Crippen molar-refractivity contribution in [1.29, 1.82) is 0 Å². The number of anilines is 1. The van der Waals surface area contributed by atoms with E-state index in [1.165, 1.54) is 0 Å².